The number of amides is 2. The molecule has 0 saturated carbocycles. The summed E-state index contributed by atoms with van der Waals surface area (Å²) in [5, 5.41) is 9.34. The van der Waals surface area contributed by atoms with E-state index in [9.17, 15) is 9.59 Å². The van der Waals surface area contributed by atoms with Gasteiger partial charge in [-0.3, -0.25) is 9.59 Å². The van der Waals surface area contributed by atoms with Gasteiger partial charge in [0.25, 0.3) is 5.91 Å². The first-order valence-corrected chi connectivity index (χ1v) is 8.74. The molecule has 1 aromatic heterocycles. The van der Waals surface area contributed by atoms with Crippen LogP contribution in [0, 0.1) is 13.8 Å². The van der Waals surface area contributed by atoms with Crippen LogP contribution in [-0.2, 0) is 17.1 Å². The van der Waals surface area contributed by atoms with E-state index in [1.54, 1.807) is 25.2 Å². The van der Waals surface area contributed by atoms with Gasteiger partial charge < -0.3 is 15.2 Å². The second-order valence-electron chi connectivity index (χ2n) is 5.35. The van der Waals surface area contributed by atoms with Crippen molar-refractivity contribution in [3.05, 3.63) is 52.4 Å². The SMILES string of the molecule is CNC(=O)c1cccc(CNC(=O)CSCc2c(C)noc2C)c1. The van der Waals surface area contributed by atoms with Crippen molar-refractivity contribution in [2.24, 2.45) is 0 Å². The second-order valence-corrected chi connectivity index (χ2v) is 6.34. The first-order valence-electron chi connectivity index (χ1n) is 7.58. The standard InChI is InChI=1S/C17H21N3O3S/c1-11-15(12(2)23-20-11)9-24-10-16(21)19-8-13-5-4-6-14(7-13)17(22)18-3/h4-7H,8-10H2,1-3H3,(H,18,22)(H,19,21). The molecule has 0 aliphatic rings. The Morgan fingerprint density at radius 2 is 2.08 bits per heavy atom. The summed E-state index contributed by atoms with van der Waals surface area (Å²) in [5.41, 5.74) is 3.38. The first kappa shape index (κ1) is 18.1. The molecule has 0 bridgehead atoms. The van der Waals surface area contributed by atoms with Gasteiger partial charge in [0.15, 0.2) is 0 Å². The van der Waals surface area contributed by atoms with Gasteiger partial charge in [-0.1, -0.05) is 17.3 Å². The number of benzene rings is 1. The van der Waals surface area contributed by atoms with Gasteiger partial charge in [-0.2, -0.15) is 0 Å². The van der Waals surface area contributed by atoms with Crippen molar-refractivity contribution in [1.29, 1.82) is 0 Å². The van der Waals surface area contributed by atoms with Crippen LogP contribution < -0.4 is 10.6 Å². The molecular weight excluding hydrogens is 326 g/mol. The molecule has 0 unspecified atom stereocenters. The summed E-state index contributed by atoms with van der Waals surface area (Å²) < 4.78 is 5.10. The highest BCUT2D eigenvalue weighted by Crippen LogP contribution is 2.19. The van der Waals surface area contributed by atoms with Gasteiger partial charge >= 0.3 is 0 Å². The van der Waals surface area contributed by atoms with E-state index in [2.05, 4.69) is 15.8 Å². The highest BCUT2D eigenvalue weighted by molar-refractivity contribution is 7.99. The largest absolute Gasteiger partial charge is 0.361 e. The van der Waals surface area contributed by atoms with Crippen LogP contribution in [0.2, 0.25) is 0 Å². The molecule has 1 aromatic carbocycles. The predicted molar refractivity (Wildman–Crippen MR) is 93.8 cm³/mol. The maximum absolute atomic E-state index is 11.9. The Labute approximate surface area is 145 Å². The van der Waals surface area contributed by atoms with Gasteiger partial charge in [0, 0.05) is 30.5 Å². The zero-order valence-corrected chi connectivity index (χ0v) is 14.8. The summed E-state index contributed by atoms with van der Waals surface area (Å²) in [6, 6.07) is 7.20. The van der Waals surface area contributed by atoms with E-state index >= 15 is 0 Å². The molecule has 0 aliphatic carbocycles. The third-order valence-corrected chi connectivity index (χ3v) is 4.53. The molecule has 0 radical (unpaired) electrons. The molecule has 1 heterocycles. The molecule has 2 amide bonds. The highest BCUT2D eigenvalue weighted by atomic mass is 32.2. The summed E-state index contributed by atoms with van der Waals surface area (Å²) in [4.78, 5) is 23.5. The zero-order chi connectivity index (χ0) is 17.5. The van der Waals surface area contributed by atoms with Crippen molar-refractivity contribution >= 4 is 23.6 Å². The Hall–Kier alpha value is -2.28. The van der Waals surface area contributed by atoms with Gasteiger partial charge in [0.2, 0.25) is 5.91 Å². The molecule has 2 N–H and O–H groups in total. The maximum Gasteiger partial charge on any atom is 0.251 e. The molecule has 7 heteroatoms. The number of nitrogens with one attached hydrogen (secondary N) is 2. The van der Waals surface area contributed by atoms with E-state index in [-0.39, 0.29) is 11.8 Å². The lowest BCUT2D eigenvalue weighted by atomic mass is 10.1. The number of hydrogen-bond acceptors (Lipinski definition) is 5. The topological polar surface area (TPSA) is 84.2 Å². The van der Waals surface area contributed by atoms with Crippen molar-refractivity contribution in [3.8, 4) is 0 Å². The lowest BCUT2D eigenvalue weighted by molar-refractivity contribution is -0.118. The molecular formula is C17H21N3O3S. The summed E-state index contributed by atoms with van der Waals surface area (Å²) in [7, 11) is 1.59. The number of nitrogens with zero attached hydrogens (tertiary/aromatic N) is 1. The van der Waals surface area contributed by atoms with E-state index in [4.69, 9.17) is 4.52 Å². The first-order chi connectivity index (χ1) is 11.5. The zero-order valence-electron chi connectivity index (χ0n) is 14.0. The number of carbonyl (C=O) groups is 2. The summed E-state index contributed by atoms with van der Waals surface area (Å²) in [5.74, 6) is 1.67. The van der Waals surface area contributed by atoms with Crippen molar-refractivity contribution in [3.63, 3.8) is 0 Å². The molecule has 0 spiro atoms. The summed E-state index contributed by atoms with van der Waals surface area (Å²) in [6.45, 7) is 4.16. The summed E-state index contributed by atoms with van der Waals surface area (Å²) in [6.07, 6.45) is 0. The van der Waals surface area contributed by atoms with E-state index in [1.165, 1.54) is 11.8 Å². The molecule has 0 atom stereocenters. The minimum absolute atomic E-state index is 0.0443. The fraction of sp³-hybridized carbons (Fsp3) is 0.353. The molecule has 2 rings (SSSR count). The highest BCUT2D eigenvalue weighted by Gasteiger charge is 2.10. The minimum atomic E-state index is -0.141. The van der Waals surface area contributed by atoms with Crippen LogP contribution in [0.1, 0.15) is 32.9 Å². The second kappa shape index (κ2) is 8.54. The normalized spacial score (nSPS) is 10.5. The number of aryl methyl sites for hydroxylation is 2. The molecule has 0 fully saturated rings. The van der Waals surface area contributed by atoms with Crippen LogP contribution in [0.15, 0.2) is 28.8 Å². The number of thioether (sulfide) groups is 1. The van der Waals surface area contributed by atoms with Crippen molar-refractivity contribution in [1.82, 2.24) is 15.8 Å². The average molecular weight is 347 g/mol. The Kier molecular flexibility index (Phi) is 6.43. The number of carbonyl (C=O) groups excluding carboxylic acids is 2. The number of hydrogen-bond donors (Lipinski definition) is 2. The lowest BCUT2D eigenvalue weighted by Crippen LogP contribution is -2.25. The Morgan fingerprint density at radius 1 is 1.29 bits per heavy atom. The molecule has 0 saturated heterocycles. The Morgan fingerprint density at radius 3 is 2.75 bits per heavy atom. The molecule has 2 aromatic rings. The monoisotopic (exact) mass is 347 g/mol. The maximum atomic E-state index is 11.9. The average Bonchev–Trinajstić information content (AvgIpc) is 2.91. The third-order valence-electron chi connectivity index (χ3n) is 3.57. The predicted octanol–water partition coefficient (Wildman–Crippen LogP) is 2.20. The molecule has 6 nitrogen and oxygen atoms in total. The van der Waals surface area contributed by atoms with Crippen LogP contribution in [0.25, 0.3) is 0 Å². The van der Waals surface area contributed by atoms with Gasteiger partial charge in [-0.05, 0) is 31.5 Å². The van der Waals surface area contributed by atoms with Crippen molar-refractivity contribution in [2.75, 3.05) is 12.8 Å². The Bertz CT molecular complexity index is 708. The third kappa shape index (κ3) is 4.86. The van der Waals surface area contributed by atoms with Crippen LogP contribution in [-0.4, -0.2) is 29.8 Å². The van der Waals surface area contributed by atoms with Gasteiger partial charge in [-0.15, -0.1) is 11.8 Å². The van der Waals surface area contributed by atoms with Crippen LogP contribution in [0.3, 0.4) is 0 Å². The van der Waals surface area contributed by atoms with Crippen molar-refractivity contribution in [2.45, 2.75) is 26.1 Å². The quantitative estimate of drug-likeness (QED) is 0.802. The molecule has 128 valence electrons. The fourth-order valence-electron chi connectivity index (χ4n) is 2.17. The minimum Gasteiger partial charge on any atom is -0.361 e. The Balaban J connectivity index is 1.78. The van der Waals surface area contributed by atoms with Crippen molar-refractivity contribution < 1.29 is 14.1 Å². The van der Waals surface area contributed by atoms with Crippen LogP contribution >= 0.6 is 11.8 Å². The smallest absolute Gasteiger partial charge is 0.251 e. The van der Waals surface area contributed by atoms with Gasteiger partial charge in [0.1, 0.15) is 5.76 Å². The molecule has 24 heavy (non-hydrogen) atoms. The van der Waals surface area contributed by atoms with E-state index in [0.29, 0.717) is 23.6 Å². The molecule has 0 aliphatic heterocycles. The van der Waals surface area contributed by atoms with Crippen LogP contribution in [0.4, 0.5) is 0 Å². The van der Waals surface area contributed by atoms with E-state index in [0.717, 1.165) is 22.6 Å². The fourth-order valence-corrected chi connectivity index (χ4v) is 3.18. The van der Waals surface area contributed by atoms with Crippen LogP contribution in [0.5, 0.6) is 0 Å². The summed E-state index contributed by atoms with van der Waals surface area (Å²) >= 11 is 1.52. The van der Waals surface area contributed by atoms with E-state index in [1.807, 2.05) is 19.9 Å². The van der Waals surface area contributed by atoms with Gasteiger partial charge in [-0.25, -0.2) is 0 Å². The number of rotatable bonds is 7. The number of aromatic nitrogens is 1. The van der Waals surface area contributed by atoms with Gasteiger partial charge in [0.05, 0.1) is 11.4 Å². The lowest BCUT2D eigenvalue weighted by Gasteiger charge is -2.07. The van der Waals surface area contributed by atoms with E-state index < -0.39 is 0 Å².